The van der Waals surface area contributed by atoms with Gasteiger partial charge in [0.15, 0.2) is 5.16 Å². The van der Waals surface area contributed by atoms with Crippen molar-refractivity contribution in [3.05, 3.63) is 40.8 Å². The molecule has 0 N–H and O–H groups in total. The molecule has 6 heteroatoms. The van der Waals surface area contributed by atoms with E-state index in [2.05, 4.69) is 9.97 Å². The lowest BCUT2D eigenvalue weighted by Gasteiger charge is -2.11. The van der Waals surface area contributed by atoms with Gasteiger partial charge in [0, 0.05) is 12.4 Å². The molecule has 1 unspecified atom stereocenters. The van der Waals surface area contributed by atoms with Gasteiger partial charge < -0.3 is 4.74 Å². The summed E-state index contributed by atoms with van der Waals surface area (Å²) in [5.74, 6) is -0.291. The predicted molar refractivity (Wildman–Crippen MR) is 67.0 cm³/mol. The van der Waals surface area contributed by atoms with Crippen LogP contribution < -0.4 is 0 Å². The molecule has 88 valence electrons. The Hall–Kier alpha value is -1.40. The summed E-state index contributed by atoms with van der Waals surface area (Å²) < 4.78 is 4.80. The zero-order chi connectivity index (χ0) is 12.1. The Morgan fingerprint density at radius 1 is 1.47 bits per heavy atom. The van der Waals surface area contributed by atoms with Gasteiger partial charge in [-0.3, -0.25) is 4.79 Å². The van der Waals surface area contributed by atoms with Crippen LogP contribution in [0.25, 0.3) is 0 Å². The zero-order valence-electron chi connectivity index (χ0n) is 9.07. The number of thioether (sulfide) groups is 1. The Kier molecular flexibility index (Phi) is 4.11. The molecule has 2 heterocycles. The number of nitrogens with zero attached hydrogens (tertiary/aromatic N) is 2. The molecule has 0 spiro atoms. The largest absolute Gasteiger partial charge is 0.468 e. The second-order valence-electron chi connectivity index (χ2n) is 3.11. The molecule has 2 aromatic rings. The van der Waals surface area contributed by atoms with E-state index in [1.807, 2.05) is 16.8 Å². The van der Waals surface area contributed by atoms with Crippen molar-refractivity contribution in [2.24, 2.45) is 0 Å². The predicted octanol–water partition coefficient (Wildman–Crippen LogP) is 2.54. The van der Waals surface area contributed by atoms with E-state index in [0.29, 0.717) is 5.16 Å². The van der Waals surface area contributed by atoms with Crippen molar-refractivity contribution in [3.8, 4) is 0 Å². The summed E-state index contributed by atoms with van der Waals surface area (Å²) in [5.41, 5.74) is 0.916. The van der Waals surface area contributed by atoms with Gasteiger partial charge in [0.25, 0.3) is 0 Å². The SMILES string of the molecule is COC(=O)C(Sc1ncccn1)c1ccsc1. The number of hydrogen-bond acceptors (Lipinski definition) is 6. The minimum Gasteiger partial charge on any atom is -0.468 e. The maximum atomic E-state index is 11.7. The van der Waals surface area contributed by atoms with Crippen LogP contribution in [-0.2, 0) is 9.53 Å². The van der Waals surface area contributed by atoms with Crippen molar-refractivity contribution in [3.63, 3.8) is 0 Å². The monoisotopic (exact) mass is 266 g/mol. The average Bonchev–Trinajstić information content (AvgIpc) is 2.90. The third kappa shape index (κ3) is 3.04. The molecule has 4 nitrogen and oxygen atoms in total. The van der Waals surface area contributed by atoms with Gasteiger partial charge in [0.2, 0.25) is 0 Å². The van der Waals surface area contributed by atoms with E-state index < -0.39 is 5.25 Å². The molecule has 0 bridgehead atoms. The first-order chi connectivity index (χ1) is 8.31. The molecular formula is C11H10N2O2S2. The van der Waals surface area contributed by atoms with E-state index in [9.17, 15) is 4.79 Å². The zero-order valence-corrected chi connectivity index (χ0v) is 10.7. The van der Waals surface area contributed by atoms with Gasteiger partial charge >= 0.3 is 5.97 Å². The van der Waals surface area contributed by atoms with Crippen LogP contribution in [0.15, 0.2) is 40.4 Å². The van der Waals surface area contributed by atoms with Gasteiger partial charge in [-0.1, -0.05) is 11.8 Å². The van der Waals surface area contributed by atoms with Crippen molar-refractivity contribution >= 4 is 29.1 Å². The van der Waals surface area contributed by atoms with Crippen molar-refractivity contribution < 1.29 is 9.53 Å². The maximum absolute atomic E-state index is 11.7. The number of thiophene rings is 1. The number of rotatable bonds is 4. The summed E-state index contributed by atoms with van der Waals surface area (Å²) in [6, 6.07) is 3.64. The molecule has 0 amide bonds. The van der Waals surface area contributed by atoms with Crippen LogP contribution in [0.1, 0.15) is 10.8 Å². The number of methoxy groups -OCH3 is 1. The fourth-order valence-corrected chi connectivity index (χ4v) is 2.94. The molecule has 0 aliphatic rings. The van der Waals surface area contributed by atoms with Crippen LogP contribution in [-0.4, -0.2) is 23.0 Å². The van der Waals surface area contributed by atoms with E-state index in [1.54, 1.807) is 29.8 Å². The molecule has 0 saturated heterocycles. The van der Waals surface area contributed by atoms with Crippen LogP contribution in [0.5, 0.6) is 0 Å². The number of carbonyl (C=O) groups excluding carboxylic acids is 1. The van der Waals surface area contributed by atoms with Gasteiger partial charge in [-0.15, -0.1) is 0 Å². The third-order valence-electron chi connectivity index (χ3n) is 2.03. The van der Waals surface area contributed by atoms with Crippen LogP contribution in [0.4, 0.5) is 0 Å². The topological polar surface area (TPSA) is 52.1 Å². The van der Waals surface area contributed by atoms with Crippen molar-refractivity contribution in [2.45, 2.75) is 10.4 Å². The number of hydrogen-bond donors (Lipinski definition) is 0. The highest BCUT2D eigenvalue weighted by Gasteiger charge is 2.24. The Morgan fingerprint density at radius 3 is 2.82 bits per heavy atom. The summed E-state index contributed by atoms with van der Waals surface area (Å²) in [6.07, 6.45) is 3.30. The quantitative estimate of drug-likeness (QED) is 0.483. The molecule has 1 atom stereocenters. The standard InChI is InChI=1S/C11H10N2O2S2/c1-15-10(14)9(8-3-6-16-7-8)17-11-12-4-2-5-13-11/h2-7,9H,1H3. The molecule has 0 saturated carbocycles. The van der Waals surface area contributed by atoms with Crippen molar-refractivity contribution in [1.82, 2.24) is 9.97 Å². The first-order valence-corrected chi connectivity index (χ1v) is 6.67. The minimum absolute atomic E-state index is 0.291. The fraction of sp³-hybridized carbons (Fsp3) is 0.182. The summed E-state index contributed by atoms with van der Waals surface area (Å²) in [6.45, 7) is 0. The first kappa shape index (κ1) is 12.1. The number of esters is 1. The average molecular weight is 266 g/mol. The molecule has 17 heavy (non-hydrogen) atoms. The van der Waals surface area contributed by atoms with Gasteiger partial charge in [-0.2, -0.15) is 11.3 Å². The lowest BCUT2D eigenvalue weighted by Crippen LogP contribution is -2.10. The highest BCUT2D eigenvalue weighted by Crippen LogP contribution is 2.34. The Morgan fingerprint density at radius 2 is 2.24 bits per heavy atom. The van der Waals surface area contributed by atoms with E-state index in [0.717, 1.165) is 5.56 Å². The first-order valence-electron chi connectivity index (χ1n) is 4.85. The molecule has 0 aliphatic heterocycles. The molecule has 2 rings (SSSR count). The van der Waals surface area contributed by atoms with Crippen molar-refractivity contribution in [1.29, 1.82) is 0 Å². The number of ether oxygens (including phenoxy) is 1. The smallest absolute Gasteiger partial charge is 0.323 e. The van der Waals surface area contributed by atoms with Crippen molar-refractivity contribution in [2.75, 3.05) is 7.11 Å². The van der Waals surface area contributed by atoms with Crippen LogP contribution in [0, 0.1) is 0 Å². The van der Waals surface area contributed by atoms with Crippen LogP contribution in [0.2, 0.25) is 0 Å². The number of carbonyl (C=O) groups is 1. The molecule has 0 radical (unpaired) electrons. The van der Waals surface area contributed by atoms with Crippen LogP contribution in [0.3, 0.4) is 0 Å². The highest BCUT2D eigenvalue weighted by molar-refractivity contribution is 8.00. The van der Waals surface area contributed by atoms with E-state index in [4.69, 9.17) is 4.74 Å². The Labute approximate surface area is 107 Å². The molecule has 0 fully saturated rings. The molecule has 2 aromatic heterocycles. The lowest BCUT2D eigenvalue weighted by molar-refractivity contribution is -0.140. The van der Waals surface area contributed by atoms with Crippen LogP contribution >= 0.6 is 23.1 Å². The maximum Gasteiger partial charge on any atom is 0.323 e. The van der Waals surface area contributed by atoms with Gasteiger partial charge in [0.05, 0.1) is 7.11 Å². The van der Waals surface area contributed by atoms with Gasteiger partial charge in [0.1, 0.15) is 5.25 Å². The summed E-state index contributed by atoms with van der Waals surface area (Å²) in [7, 11) is 1.38. The van der Waals surface area contributed by atoms with E-state index >= 15 is 0 Å². The second-order valence-corrected chi connectivity index (χ2v) is 4.96. The normalized spacial score (nSPS) is 12.1. The third-order valence-corrected chi connectivity index (χ3v) is 3.85. The minimum atomic E-state index is -0.409. The van der Waals surface area contributed by atoms with Gasteiger partial charge in [-0.25, -0.2) is 9.97 Å². The Bertz CT molecular complexity index is 473. The van der Waals surface area contributed by atoms with E-state index in [1.165, 1.54) is 18.9 Å². The summed E-state index contributed by atoms with van der Waals surface area (Å²) >= 11 is 2.83. The Balaban J connectivity index is 2.20. The summed E-state index contributed by atoms with van der Waals surface area (Å²) in [5, 5.41) is 4.01. The molecular weight excluding hydrogens is 256 g/mol. The molecule has 0 aromatic carbocycles. The highest BCUT2D eigenvalue weighted by atomic mass is 32.2. The number of aromatic nitrogens is 2. The van der Waals surface area contributed by atoms with E-state index in [-0.39, 0.29) is 5.97 Å². The summed E-state index contributed by atoms with van der Waals surface area (Å²) in [4.78, 5) is 19.9. The fourth-order valence-electron chi connectivity index (χ4n) is 1.24. The second kappa shape index (κ2) is 5.79. The lowest BCUT2D eigenvalue weighted by atomic mass is 10.2. The molecule has 0 aliphatic carbocycles. The van der Waals surface area contributed by atoms with Gasteiger partial charge in [-0.05, 0) is 28.5 Å².